The molecule has 0 radical (unpaired) electrons. The second-order valence-electron chi connectivity index (χ2n) is 6.90. The fraction of sp³-hybridized carbons (Fsp3) is 0.562. The zero-order valence-electron chi connectivity index (χ0n) is 12.3. The predicted molar refractivity (Wildman–Crippen MR) is 74.5 cm³/mol. The molecule has 0 N–H and O–H groups in total. The van der Waals surface area contributed by atoms with E-state index in [1.54, 1.807) is 12.1 Å². The zero-order valence-corrected chi connectivity index (χ0v) is 12.3. The molecule has 0 aliphatic carbocycles. The molecule has 1 aromatic carbocycles. The molecule has 2 nitrogen and oxygen atoms in total. The number of hydrogen-bond acceptors (Lipinski definition) is 2. The molecule has 0 heterocycles. The molecular formula is C16H24O2. The van der Waals surface area contributed by atoms with Gasteiger partial charge in [-0.1, -0.05) is 59.7 Å². The standard InChI is InChI=1S/C16H24O2/c1-15(2,3)13(16(4,5)6)14(17)18-12-10-8-7-9-11-12/h7-11,13H,1-6H3. The number of rotatable bonds is 2. The van der Waals surface area contributed by atoms with Crippen LogP contribution in [0.4, 0.5) is 0 Å². The average Bonchev–Trinajstić information content (AvgIpc) is 2.13. The van der Waals surface area contributed by atoms with Crippen LogP contribution in [0.5, 0.6) is 5.75 Å². The molecular weight excluding hydrogens is 224 g/mol. The van der Waals surface area contributed by atoms with Gasteiger partial charge in [-0.05, 0) is 23.0 Å². The van der Waals surface area contributed by atoms with Crippen molar-refractivity contribution in [1.82, 2.24) is 0 Å². The van der Waals surface area contributed by atoms with Crippen molar-refractivity contribution in [3.05, 3.63) is 30.3 Å². The molecule has 2 heteroatoms. The summed E-state index contributed by atoms with van der Waals surface area (Å²) >= 11 is 0. The molecule has 0 saturated carbocycles. The van der Waals surface area contributed by atoms with Crippen LogP contribution in [-0.4, -0.2) is 5.97 Å². The number of ether oxygens (including phenoxy) is 1. The van der Waals surface area contributed by atoms with E-state index in [0.717, 1.165) is 0 Å². The Morgan fingerprint density at radius 3 is 1.78 bits per heavy atom. The summed E-state index contributed by atoms with van der Waals surface area (Å²) in [5.41, 5.74) is -0.242. The summed E-state index contributed by atoms with van der Waals surface area (Å²) in [6.07, 6.45) is 0. The van der Waals surface area contributed by atoms with E-state index in [9.17, 15) is 4.79 Å². The van der Waals surface area contributed by atoms with Crippen molar-refractivity contribution in [3.8, 4) is 5.75 Å². The van der Waals surface area contributed by atoms with E-state index in [1.807, 2.05) is 18.2 Å². The van der Waals surface area contributed by atoms with E-state index in [-0.39, 0.29) is 22.7 Å². The van der Waals surface area contributed by atoms with Crippen molar-refractivity contribution in [2.75, 3.05) is 0 Å². The third kappa shape index (κ3) is 3.86. The molecule has 0 bridgehead atoms. The van der Waals surface area contributed by atoms with Crippen molar-refractivity contribution in [1.29, 1.82) is 0 Å². The topological polar surface area (TPSA) is 26.3 Å². The third-order valence-electron chi connectivity index (χ3n) is 2.93. The van der Waals surface area contributed by atoms with Gasteiger partial charge in [0.2, 0.25) is 0 Å². The molecule has 0 unspecified atom stereocenters. The summed E-state index contributed by atoms with van der Waals surface area (Å²) in [5.74, 6) is 0.312. The van der Waals surface area contributed by atoms with E-state index in [1.165, 1.54) is 0 Å². The first kappa shape index (κ1) is 14.7. The Hall–Kier alpha value is -1.31. The van der Waals surface area contributed by atoms with Crippen LogP contribution in [0.25, 0.3) is 0 Å². The minimum atomic E-state index is -0.152. The van der Waals surface area contributed by atoms with Gasteiger partial charge in [0.05, 0.1) is 5.92 Å². The summed E-state index contributed by atoms with van der Waals surface area (Å²) < 4.78 is 5.49. The van der Waals surface area contributed by atoms with Crippen molar-refractivity contribution in [2.24, 2.45) is 16.7 Å². The Balaban J connectivity index is 2.92. The number of carbonyl (C=O) groups is 1. The van der Waals surface area contributed by atoms with Gasteiger partial charge in [0, 0.05) is 0 Å². The van der Waals surface area contributed by atoms with Gasteiger partial charge < -0.3 is 4.74 Å². The molecule has 0 aromatic heterocycles. The highest BCUT2D eigenvalue weighted by molar-refractivity contribution is 5.76. The minimum absolute atomic E-state index is 0.121. The predicted octanol–water partition coefficient (Wildman–Crippen LogP) is 4.30. The fourth-order valence-electron chi connectivity index (χ4n) is 2.67. The fourth-order valence-corrected chi connectivity index (χ4v) is 2.67. The van der Waals surface area contributed by atoms with Crippen LogP contribution in [0.1, 0.15) is 41.5 Å². The van der Waals surface area contributed by atoms with E-state index in [0.29, 0.717) is 5.75 Å². The summed E-state index contributed by atoms with van der Waals surface area (Å²) in [7, 11) is 0. The number of para-hydroxylation sites is 1. The SMILES string of the molecule is CC(C)(C)C(C(=O)Oc1ccccc1)C(C)(C)C. The maximum atomic E-state index is 12.4. The van der Waals surface area contributed by atoms with E-state index >= 15 is 0 Å². The molecule has 1 aromatic rings. The lowest BCUT2D eigenvalue weighted by Gasteiger charge is -2.38. The van der Waals surface area contributed by atoms with E-state index in [4.69, 9.17) is 4.74 Å². The van der Waals surface area contributed by atoms with Gasteiger partial charge in [-0.15, -0.1) is 0 Å². The first-order valence-corrected chi connectivity index (χ1v) is 6.39. The number of esters is 1. The Morgan fingerprint density at radius 1 is 0.944 bits per heavy atom. The molecule has 0 amide bonds. The van der Waals surface area contributed by atoms with Gasteiger partial charge in [-0.2, -0.15) is 0 Å². The average molecular weight is 248 g/mol. The van der Waals surface area contributed by atoms with Crippen LogP contribution >= 0.6 is 0 Å². The number of carbonyl (C=O) groups excluding carboxylic acids is 1. The quantitative estimate of drug-likeness (QED) is 0.576. The highest BCUT2D eigenvalue weighted by Gasteiger charge is 2.41. The van der Waals surface area contributed by atoms with Crippen LogP contribution < -0.4 is 4.74 Å². The largest absolute Gasteiger partial charge is 0.426 e. The first-order valence-electron chi connectivity index (χ1n) is 6.39. The molecule has 0 saturated heterocycles. The Kier molecular flexibility index (Phi) is 4.20. The third-order valence-corrected chi connectivity index (χ3v) is 2.93. The monoisotopic (exact) mass is 248 g/mol. The minimum Gasteiger partial charge on any atom is -0.426 e. The molecule has 0 atom stereocenters. The van der Waals surface area contributed by atoms with E-state index < -0.39 is 0 Å². The number of hydrogen-bond donors (Lipinski definition) is 0. The summed E-state index contributed by atoms with van der Waals surface area (Å²) in [6.45, 7) is 12.5. The second-order valence-corrected chi connectivity index (χ2v) is 6.90. The maximum absolute atomic E-state index is 12.4. The summed E-state index contributed by atoms with van der Waals surface area (Å²) in [4.78, 5) is 12.4. The summed E-state index contributed by atoms with van der Waals surface area (Å²) in [6, 6.07) is 9.25. The van der Waals surface area contributed by atoms with Gasteiger partial charge in [0.25, 0.3) is 0 Å². The lowest BCUT2D eigenvalue weighted by atomic mass is 9.67. The van der Waals surface area contributed by atoms with Crippen molar-refractivity contribution in [3.63, 3.8) is 0 Å². The molecule has 1 rings (SSSR count). The first-order chi connectivity index (χ1) is 8.12. The van der Waals surface area contributed by atoms with Crippen molar-refractivity contribution < 1.29 is 9.53 Å². The Labute approximate surface area is 110 Å². The van der Waals surface area contributed by atoms with E-state index in [2.05, 4.69) is 41.5 Å². The van der Waals surface area contributed by atoms with Crippen LogP contribution in [0.2, 0.25) is 0 Å². The van der Waals surface area contributed by atoms with Gasteiger partial charge in [-0.3, -0.25) is 4.79 Å². The smallest absolute Gasteiger partial charge is 0.315 e. The molecule has 0 fully saturated rings. The lowest BCUT2D eigenvalue weighted by Crippen LogP contribution is -2.41. The molecule has 0 aliphatic rings. The summed E-state index contributed by atoms with van der Waals surface area (Å²) in [5, 5.41) is 0. The maximum Gasteiger partial charge on any atom is 0.315 e. The van der Waals surface area contributed by atoms with Crippen molar-refractivity contribution >= 4 is 5.97 Å². The van der Waals surface area contributed by atoms with Gasteiger partial charge in [0.15, 0.2) is 0 Å². The normalized spacial score (nSPS) is 12.6. The van der Waals surface area contributed by atoms with Crippen LogP contribution in [0.3, 0.4) is 0 Å². The van der Waals surface area contributed by atoms with Gasteiger partial charge >= 0.3 is 5.97 Å². The Morgan fingerprint density at radius 2 is 1.39 bits per heavy atom. The second kappa shape index (κ2) is 5.13. The molecule has 0 spiro atoms. The van der Waals surface area contributed by atoms with Crippen LogP contribution in [0, 0.1) is 16.7 Å². The lowest BCUT2D eigenvalue weighted by molar-refractivity contribution is -0.147. The van der Waals surface area contributed by atoms with Crippen molar-refractivity contribution in [2.45, 2.75) is 41.5 Å². The zero-order chi connectivity index (χ0) is 14.0. The molecule has 18 heavy (non-hydrogen) atoms. The van der Waals surface area contributed by atoms with Gasteiger partial charge in [-0.25, -0.2) is 0 Å². The van der Waals surface area contributed by atoms with Crippen LogP contribution in [0.15, 0.2) is 30.3 Å². The molecule has 0 aliphatic heterocycles. The highest BCUT2D eigenvalue weighted by atomic mass is 16.5. The Bertz CT molecular complexity index is 379. The van der Waals surface area contributed by atoms with Gasteiger partial charge in [0.1, 0.15) is 5.75 Å². The molecule has 100 valence electrons. The highest BCUT2D eigenvalue weighted by Crippen LogP contribution is 2.40. The van der Waals surface area contributed by atoms with Crippen LogP contribution in [-0.2, 0) is 4.79 Å². The number of benzene rings is 1.